The molecule has 0 bridgehead atoms. The van der Waals surface area contributed by atoms with E-state index in [1.54, 1.807) is 29.2 Å². The summed E-state index contributed by atoms with van der Waals surface area (Å²) >= 11 is 0. The van der Waals surface area contributed by atoms with E-state index in [2.05, 4.69) is 5.32 Å². The fourth-order valence-electron chi connectivity index (χ4n) is 2.80. The highest BCUT2D eigenvalue weighted by molar-refractivity contribution is 5.99. The summed E-state index contributed by atoms with van der Waals surface area (Å²) < 4.78 is 0. The molecule has 0 fully saturated rings. The van der Waals surface area contributed by atoms with Crippen molar-refractivity contribution in [1.29, 1.82) is 5.26 Å². The number of para-hydroxylation sites is 1. The monoisotopic (exact) mass is 319 g/mol. The Kier molecular flexibility index (Phi) is 4.57. The smallest absolute Gasteiger partial charge is 0.227 e. The van der Waals surface area contributed by atoms with Gasteiger partial charge in [0.05, 0.1) is 11.6 Å². The first kappa shape index (κ1) is 15.8. The van der Waals surface area contributed by atoms with E-state index < -0.39 is 0 Å². The van der Waals surface area contributed by atoms with Crippen molar-refractivity contribution in [3.63, 3.8) is 0 Å². The molecular formula is C19H17N3O2. The zero-order valence-corrected chi connectivity index (χ0v) is 13.2. The summed E-state index contributed by atoms with van der Waals surface area (Å²) in [7, 11) is 0. The minimum absolute atomic E-state index is 0.0325. The summed E-state index contributed by atoms with van der Waals surface area (Å²) in [4.78, 5) is 26.1. The van der Waals surface area contributed by atoms with Crippen molar-refractivity contribution in [2.45, 2.75) is 19.3 Å². The summed E-state index contributed by atoms with van der Waals surface area (Å²) in [5.74, 6) is -0.240. The molecule has 3 rings (SSSR count). The maximum absolute atomic E-state index is 12.4. The SMILES string of the molecule is N#Cc1ccc(NC(=O)CCC(=O)N2CCc3ccccc32)cc1. The zero-order valence-electron chi connectivity index (χ0n) is 13.2. The van der Waals surface area contributed by atoms with Crippen LogP contribution < -0.4 is 10.2 Å². The van der Waals surface area contributed by atoms with Gasteiger partial charge in [0.25, 0.3) is 0 Å². The normalized spacial score (nSPS) is 12.4. The molecule has 0 saturated carbocycles. The van der Waals surface area contributed by atoms with Crippen LogP contribution in [0.5, 0.6) is 0 Å². The van der Waals surface area contributed by atoms with Gasteiger partial charge in [0.1, 0.15) is 0 Å². The number of nitrogens with zero attached hydrogens (tertiary/aromatic N) is 2. The van der Waals surface area contributed by atoms with Gasteiger partial charge >= 0.3 is 0 Å². The van der Waals surface area contributed by atoms with E-state index in [0.717, 1.165) is 12.1 Å². The van der Waals surface area contributed by atoms with Crippen LogP contribution in [-0.4, -0.2) is 18.4 Å². The van der Waals surface area contributed by atoms with Crippen molar-refractivity contribution in [2.24, 2.45) is 0 Å². The average molecular weight is 319 g/mol. The lowest BCUT2D eigenvalue weighted by Crippen LogP contribution is -2.29. The predicted octanol–water partition coefficient (Wildman–Crippen LogP) is 2.87. The molecule has 1 heterocycles. The fraction of sp³-hybridized carbons (Fsp3) is 0.211. The van der Waals surface area contributed by atoms with Gasteiger partial charge in [0, 0.05) is 30.8 Å². The van der Waals surface area contributed by atoms with E-state index in [-0.39, 0.29) is 24.7 Å². The van der Waals surface area contributed by atoms with Crippen molar-refractivity contribution >= 4 is 23.2 Å². The predicted molar refractivity (Wildman–Crippen MR) is 91.5 cm³/mol. The first-order valence-electron chi connectivity index (χ1n) is 7.85. The third kappa shape index (κ3) is 3.44. The number of benzene rings is 2. The molecule has 2 amide bonds. The molecule has 2 aromatic rings. The van der Waals surface area contributed by atoms with E-state index >= 15 is 0 Å². The average Bonchev–Trinajstić information content (AvgIpc) is 3.04. The molecule has 120 valence electrons. The number of anilines is 2. The van der Waals surface area contributed by atoms with Gasteiger partial charge in [-0.2, -0.15) is 5.26 Å². The lowest BCUT2D eigenvalue weighted by Gasteiger charge is -2.17. The van der Waals surface area contributed by atoms with Gasteiger partial charge < -0.3 is 10.2 Å². The van der Waals surface area contributed by atoms with Crippen molar-refractivity contribution in [1.82, 2.24) is 0 Å². The highest BCUT2D eigenvalue weighted by atomic mass is 16.2. The van der Waals surface area contributed by atoms with Gasteiger partial charge in [-0.05, 0) is 42.3 Å². The van der Waals surface area contributed by atoms with Gasteiger partial charge in [-0.1, -0.05) is 18.2 Å². The number of hydrogen-bond donors (Lipinski definition) is 1. The minimum Gasteiger partial charge on any atom is -0.326 e. The quantitative estimate of drug-likeness (QED) is 0.941. The van der Waals surface area contributed by atoms with E-state index in [1.807, 2.05) is 30.3 Å². The summed E-state index contributed by atoms with van der Waals surface area (Å²) in [5.41, 5.74) is 3.29. The second-order valence-corrected chi connectivity index (χ2v) is 5.66. The minimum atomic E-state index is -0.208. The number of nitriles is 1. The molecule has 2 aromatic carbocycles. The Balaban J connectivity index is 1.53. The standard InChI is InChI=1S/C19H17N3O2/c20-13-14-5-7-16(8-6-14)21-18(23)9-10-19(24)22-12-11-15-3-1-2-4-17(15)22/h1-8H,9-12H2,(H,21,23). The van der Waals surface area contributed by atoms with Crippen LogP contribution in [0.4, 0.5) is 11.4 Å². The van der Waals surface area contributed by atoms with Crippen LogP contribution in [0, 0.1) is 11.3 Å². The van der Waals surface area contributed by atoms with Crippen LogP contribution in [0.3, 0.4) is 0 Å². The molecule has 0 radical (unpaired) electrons. The van der Waals surface area contributed by atoms with Crippen molar-refractivity contribution in [3.05, 3.63) is 59.7 Å². The Morgan fingerprint density at radius 1 is 1.08 bits per heavy atom. The van der Waals surface area contributed by atoms with E-state index in [0.29, 0.717) is 17.8 Å². The fourth-order valence-corrected chi connectivity index (χ4v) is 2.80. The second kappa shape index (κ2) is 6.97. The largest absolute Gasteiger partial charge is 0.326 e. The summed E-state index contributed by atoms with van der Waals surface area (Å²) in [6, 6.07) is 16.5. The van der Waals surface area contributed by atoms with E-state index in [9.17, 15) is 9.59 Å². The number of carbonyl (C=O) groups is 2. The molecule has 5 nitrogen and oxygen atoms in total. The lowest BCUT2D eigenvalue weighted by atomic mass is 10.2. The summed E-state index contributed by atoms with van der Waals surface area (Å²) in [6.45, 7) is 0.676. The van der Waals surface area contributed by atoms with Crippen molar-refractivity contribution < 1.29 is 9.59 Å². The van der Waals surface area contributed by atoms with E-state index in [1.165, 1.54) is 5.56 Å². The molecule has 0 unspecified atom stereocenters. The van der Waals surface area contributed by atoms with E-state index in [4.69, 9.17) is 5.26 Å². The number of carbonyl (C=O) groups excluding carboxylic acids is 2. The van der Waals surface area contributed by atoms with Gasteiger partial charge in [-0.15, -0.1) is 0 Å². The Morgan fingerprint density at radius 3 is 2.58 bits per heavy atom. The van der Waals surface area contributed by atoms with Crippen molar-refractivity contribution in [2.75, 3.05) is 16.8 Å². The third-order valence-corrected chi connectivity index (χ3v) is 4.05. The van der Waals surface area contributed by atoms with Gasteiger partial charge in [-0.25, -0.2) is 0 Å². The number of fused-ring (bicyclic) bond motifs is 1. The highest BCUT2D eigenvalue weighted by Crippen LogP contribution is 2.28. The Hall–Kier alpha value is -3.13. The zero-order chi connectivity index (χ0) is 16.9. The maximum Gasteiger partial charge on any atom is 0.227 e. The molecule has 0 saturated heterocycles. The first-order valence-corrected chi connectivity index (χ1v) is 7.85. The molecule has 5 heteroatoms. The van der Waals surface area contributed by atoms with Crippen LogP contribution >= 0.6 is 0 Å². The third-order valence-electron chi connectivity index (χ3n) is 4.05. The maximum atomic E-state index is 12.4. The molecule has 24 heavy (non-hydrogen) atoms. The highest BCUT2D eigenvalue weighted by Gasteiger charge is 2.24. The summed E-state index contributed by atoms with van der Waals surface area (Å²) in [6.07, 6.45) is 1.17. The number of nitrogens with one attached hydrogen (secondary N) is 1. The number of rotatable bonds is 4. The molecule has 0 spiro atoms. The molecular weight excluding hydrogens is 302 g/mol. The number of amides is 2. The van der Waals surface area contributed by atoms with Crippen LogP contribution in [0.2, 0.25) is 0 Å². The van der Waals surface area contributed by atoms with Gasteiger partial charge in [0.2, 0.25) is 11.8 Å². The molecule has 0 aromatic heterocycles. The van der Waals surface area contributed by atoms with Crippen LogP contribution in [0.15, 0.2) is 48.5 Å². The van der Waals surface area contributed by atoms with Crippen molar-refractivity contribution in [3.8, 4) is 6.07 Å². The molecule has 0 atom stereocenters. The molecule has 1 N–H and O–H groups in total. The Labute approximate surface area is 140 Å². The molecule has 0 aliphatic carbocycles. The van der Waals surface area contributed by atoms with Gasteiger partial charge in [0.15, 0.2) is 0 Å². The summed E-state index contributed by atoms with van der Waals surface area (Å²) in [5, 5.41) is 11.5. The first-order chi connectivity index (χ1) is 11.7. The van der Waals surface area contributed by atoms with Gasteiger partial charge in [-0.3, -0.25) is 9.59 Å². The number of hydrogen-bond acceptors (Lipinski definition) is 3. The van der Waals surface area contributed by atoms with Crippen LogP contribution in [0.1, 0.15) is 24.0 Å². The molecule has 1 aliphatic heterocycles. The topological polar surface area (TPSA) is 73.2 Å². The van der Waals surface area contributed by atoms with Crippen LogP contribution in [0.25, 0.3) is 0 Å². The Morgan fingerprint density at radius 2 is 1.83 bits per heavy atom. The molecule has 1 aliphatic rings. The lowest BCUT2D eigenvalue weighted by molar-refractivity contribution is -0.122. The Bertz CT molecular complexity index is 806. The second-order valence-electron chi connectivity index (χ2n) is 5.66. The van der Waals surface area contributed by atoms with Crippen LogP contribution in [-0.2, 0) is 16.0 Å².